The SMILES string of the molecule is CC(Cc1ccco1)NCc1ccc(C(=O)O)o1. The Morgan fingerprint density at radius 2 is 2.22 bits per heavy atom. The van der Waals surface area contributed by atoms with E-state index in [1.807, 2.05) is 19.1 Å². The van der Waals surface area contributed by atoms with E-state index < -0.39 is 5.97 Å². The maximum atomic E-state index is 10.6. The van der Waals surface area contributed by atoms with Crippen molar-refractivity contribution in [3.05, 3.63) is 47.8 Å². The Balaban J connectivity index is 1.81. The van der Waals surface area contributed by atoms with Gasteiger partial charge in [0.25, 0.3) is 0 Å². The van der Waals surface area contributed by atoms with Gasteiger partial charge in [-0.1, -0.05) is 0 Å². The Labute approximate surface area is 104 Å². The number of rotatable bonds is 6. The highest BCUT2D eigenvalue weighted by Gasteiger charge is 2.10. The average Bonchev–Trinajstić information content (AvgIpc) is 2.96. The molecule has 0 aliphatic carbocycles. The van der Waals surface area contributed by atoms with Crippen molar-refractivity contribution in [2.45, 2.75) is 25.9 Å². The molecule has 0 radical (unpaired) electrons. The van der Waals surface area contributed by atoms with E-state index >= 15 is 0 Å². The van der Waals surface area contributed by atoms with Crippen LogP contribution in [0.5, 0.6) is 0 Å². The van der Waals surface area contributed by atoms with Crippen molar-refractivity contribution in [3.8, 4) is 0 Å². The zero-order valence-corrected chi connectivity index (χ0v) is 10.1. The van der Waals surface area contributed by atoms with Gasteiger partial charge in [0.2, 0.25) is 5.76 Å². The van der Waals surface area contributed by atoms with E-state index in [9.17, 15) is 4.79 Å². The van der Waals surface area contributed by atoms with E-state index in [0.29, 0.717) is 12.3 Å². The summed E-state index contributed by atoms with van der Waals surface area (Å²) in [5.41, 5.74) is 0. The molecule has 5 nitrogen and oxygen atoms in total. The molecule has 2 heterocycles. The second-order valence-electron chi connectivity index (χ2n) is 4.14. The summed E-state index contributed by atoms with van der Waals surface area (Å²) < 4.78 is 10.4. The molecule has 0 aromatic carbocycles. The maximum Gasteiger partial charge on any atom is 0.371 e. The quantitative estimate of drug-likeness (QED) is 0.821. The Kier molecular flexibility index (Phi) is 3.84. The van der Waals surface area contributed by atoms with Crippen LogP contribution in [-0.2, 0) is 13.0 Å². The van der Waals surface area contributed by atoms with Crippen LogP contribution < -0.4 is 5.32 Å². The van der Waals surface area contributed by atoms with Crippen molar-refractivity contribution >= 4 is 5.97 Å². The van der Waals surface area contributed by atoms with Gasteiger partial charge in [0.1, 0.15) is 11.5 Å². The van der Waals surface area contributed by atoms with Crippen molar-refractivity contribution in [2.24, 2.45) is 0 Å². The Morgan fingerprint density at radius 3 is 2.83 bits per heavy atom. The van der Waals surface area contributed by atoms with Crippen molar-refractivity contribution < 1.29 is 18.7 Å². The van der Waals surface area contributed by atoms with Crippen LogP contribution in [0.25, 0.3) is 0 Å². The zero-order valence-electron chi connectivity index (χ0n) is 10.1. The number of carboxylic acid groups (broad SMARTS) is 1. The lowest BCUT2D eigenvalue weighted by atomic mass is 10.2. The molecule has 0 fully saturated rings. The highest BCUT2D eigenvalue weighted by Crippen LogP contribution is 2.09. The van der Waals surface area contributed by atoms with E-state index in [-0.39, 0.29) is 11.8 Å². The van der Waals surface area contributed by atoms with Gasteiger partial charge in [-0.15, -0.1) is 0 Å². The average molecular weight is 249 g/mol. The van der Waals surface area contributed by atoms with Crippen LogP contribution in [0.1, 0.15) is 29.0 Å². The first-order valence-electron chi connectivity index (χ1n) is 5.73. The number of carboxylic acids is 1. The van der Waals surface area contributed by atoms with E-state index in [0.717, 1.165) is 12.2 Å². The van der Waals surface area contributed by atoms with Crippen LogP contribution >= 0.6 is 0 Å². The summed E-state index contributed by atoms with van der Waals surface area (Å²) in [6, 6.07) is 7.11. The first-order chi connectivity index (χ1) is 8.65. The summed E-state index contributed by atoms with van der Waals surface area (Å²) in [4.78, 5) is 10.6. The summed E-state index contributed by atoms with van der Waals surface area (Å²) in [5, 5.41) is 12.0. The summed E-state index contributed by atoms with van der Waals surface area (Å²) in [6.45, 7) is 2.53. The third kappa shape index (κ3) is 3.24. The predicted molar refractivity (Wildman–Crippen MR) is 64.4 cm³/mol. The predicted octanol–water partition coefficient (Wildman–Crippen LogP) is 2.29. The molecule has 0 amide bonds. The number of carbonyl (C=O) groups is 1. The molecule has 1 atom stereocenters. The smallest absolute Gasteiger partial charge is 0.371 e. The molecule has 5 heteroatoms. The number of nitrogens with one attached hydrogen (secondary N) is 1. The first kappa shape index (κ1) is 12.4. The largest absolute Gasteiger partial charge is 0.475 e. The topological polar surface area (TPSA) is 75.6 Å². The van der Waals surface area contributed by atoms with Crippen molar-refractivity contribution in [2.75, 3.05) is 0 Å². The van der Waals surface area contributed by atoms with Crippen molar-refractivity contribution in [1.82, 2.24) is 5.32 Å². The standard InChI is InChI=1S/C13H15NO4/c1-9(7-10-3-2-6-17-10)14-8-11-4-5-12(18-11)13(15)16/h2-6,9,14H,7-8H2,1H3,(H,15,16). The molecular formula is C13H15NO4. The molecule has 0 bridgehead atoms. The molecule has 1 unspecified atom stereocenters. The third-order valence-corrected chi connectivity index (χ3v) is 2.58. The van der Waals surface area contributed by atoms with E-state index in [4.69, 9.17) is 13.9 Å². The van der Waals surface area contributed by atoms with Crippen LogP contribution in [0, 0.1) is 0 Å². The summed E-state index contributed by atoms with van der Waals surface area (Å²) >= 11 is 0. The highest BCUT2D eigenvalue weighted by molar-refractivity contribution is 5.84. The molecule has 18 heavy (non-hydrogen) atoms. The zero-order chi connectivity index (χ0) is 13.0. The van der Waals surface area contributed by atoms with Crippen LogP contribution in [0.3, 0.4) is 0 Å². The molecule has 0 saturated carbocycles. The van der Waals surface area contributed by atoms with Gasteiger partial charge in [0, 0.05) is 12.5 Å². The molecule has 0 aliphatic heterocycles. The van der Waals surface area contributed by atoms with E-state index in [1.165, 1.54) is 6.07 Å². The molecule has 0 aliphatic rings. The van der Waals surface area contributed by atoms with Crippen LogP contribution in [0.15, 0.2) is 39.4 Å². The van der Waals surface area contributed by atoms with Crippen LogP contribution in [0.4, 0.5) is 0 Å². The number of hydrogen-bond acceptors (Lipinski definition) is 4. The molecule has 2 N–H and O–H groups in total. The first-order valence-corrected chi connectivity index (χ1v) is 5.73. The fourth-order valence-electron chi connectivity index (χ4n) is 1.67. The minimum atomic E-state index is -1.05. The Bertz CT molecular complexity index is 501. The van der Waals surface area contributed by atoms with Gasteiger partial charge in [0.15, 0.2) is 0 Å². The summed E-state index contributed by atoms with van der Waals surface area (Å²) in [6.07, 6.45) is 2.42. The molecule has 2 aromatic heterocycles. The fraction of sp³-hybridized carbons (Fsp3) is 0.308. The normalized spacial score (nSPS) is 12.5. The number of aromatic carboxylic acids is 1. The van der Waals surface area contributed by atoms with Gasteiger partial charge in [0.05, 0.1) is 12.8 Å². The second-order valence-corrected chi connectivity index (χ2v) is 4.14. The number of furan rings is 2. The lowest BCUT2D eigenvalue weighted by Crippen LogP contribution is -2.27. The molecule has 0 saturated heterocycles. The maximum absolute atomic E-state index is 10.6. The summed E-state index contributed by atoms with van der Waals surface area (Å²) in [5.74, 6) is 0.440. The van der Waals surface area contributed by atoms with Crippen LogP contribution in [-0.4, -0.2) is 17.1 Å². The molecular weight excluding hydrogens is 234 g/mol. The molecule has 2 aromatic rings. The van der Waals surface area contributed by atoms with Gasteiger partial charge >= 0.3 is 5.97 Å². The third-order valence-electron chi connectivity index (χ3n) is 2.58. The van der Waals surface area contributed by atoms with E-state index in [1.54, 1.807) is 12.3 Å². The monoisotopic (exact) mass is 249 g/mol. The van der Waals surface area contributed by atoms with Gasteiger partial charge < -0.3 is 19.3 Å². The lowest BCUT2D eigenvalue weighted by Gasteiger charge is -2.10. The van der Waals surface area contributed by atoms with Gasteiger partial charge in [-0.2, -0.15) is 0 Å². The summed E-state index contributed by atoms with van der Waals surface area (Å²) in [7, 11) is 0. The van der Waals surface area contributed by atoms with Gasteiger partial charge in [-0.3, -0.25) is 0 Å². The van der Waals surface area contributed by atoms with Gasteiger partial charge in [-0.25, -0.2) is 4.79 Å². The minimum absolute atomic E-state index is 0.0366. The number of hydrogen-bond donors (Lipinski definition) is 2. The molecule has 0 spiro atoms. The van der Waals surface area contributed by atoms with Crippen LogP contribution in [0.2, 0.25) is 0 Å². The minimum Gasteiger partial charge on any atom is -0.475 e. The Morgan fingerprint density at radius 1 is 1.39 bits per heavy atom. The molecule has 96 valence electrons. The van der Waals surface area contributed by atoms with Crippen molar-refractivity contribution in [1.29, 1.82) is 0 Å². The van der Waals surface area contributed by atoms with E-state index in [2.05, 4.69) is 5.32 Å². The van der Waals surface area contributed by atoms with Gasteiger partial charge in [-0.05, 0) is 31.2 Å². The molecule has 2 rings (SSSR count). The second kappa shape index (κ2) is 5.55. The lowest BCUT2D eigenvalue weighted by molar-refractivity contribution is 0.0660. The Hall–Kier alpha value is -2.01. The van der Waals surface area contributed by atoms with Crippen molar-refractivity contribution in [3.63, 3.8) is 0 Å². The highest BCUT2D eigenvalue weighted by atomic mass is 16.4. The fourth-order valence-corrected chi connectivity index (χ4v) is 1.67.